The Morgan fingerprint density at radius 2 is 1.12 bits per heavy atom. The van der Waals surface area contributed by atoms with E-state index in [1.54, 1.807) is 30.6 Å². The Bertz CT molecular complexity index is 3050. The monoisotopic (exact) mass is 848 g/mol. The number of rotatable bonds is 12. The van der Waals surface area contributed by atoms with Crippen LogP contribution in [0.1, 0.15) is 67.0 Å². The van der Waals surface area contributed by atoms with E-state index in [0.717, 1.165) is 45.7 Å². The van der Waals surface area contributed by atoms with Gasteiger partial charge in [-0.05, 0) is 145 Å². The molecule has 2 aliphatic rings. The van der Waals surface area contributed by atoms with Crippen LogP contribution < -0.4 is 9.47 Å². The van der Waals surface area contributed by atoms with Crippen LogP contribution in [0.4, 0.5) is 0 Å². The van der Waals surface area contributed by atoms with Crippen molar-refractivity contribution >= 4 is 17.5 Å². The molecular weight excluding hydrogens is 809 g/mol. The second-order valence-corrected chi connectivity index (χ2v) is 15.9. The van der Waals surface area contributed by atoms with Gasteiger partial charge in [-0.1, -0.05) is 48.5 Å². The first-order chi connectivity index (χ1) is 31.3. The summed E-state index contributed by atoms with van der Waals surface area (Å²) in [6.07, 6.45) is 8.66. The summed E-state index contributed by atoms with van der Waals surface area (Å²) in [5.74, 6) is 2.35. The lowest BCUT2D eigenvalue weighted by Gasteiger charge is -2.23. The van der Waals surface area contributed by atoms with E-state index in [2.05, 4.69) is 26.0 Å². The Morgan fingerprint density at radius 3 is 1.78 bits per heavy atom. The molecule has 0 saturated carbocycles. The highest BCUT2D eigenvalue weighted by Gasteiger charge is 2.31. The van der Waals surface area contributed by atoms with Gasteiger partial charge >= 0.3 is 5.97 Å². The van der Waals surface area contributed by atoms with E-state index in [1.165, 1.54) is 18.9 Å². The number of methoxy groups -OCH3 is 1. The number of nitrogens with zero attached hydrogens (tertiary/aromatic N) is 4. The normalized spacial score (nSPS) is 15.4. The van der Waals surface area contributed by atoms with Crippen molar-refractivity contribution in [1.82, 2.24) is 19.9 Å². The SMILES string of the molecule is COC(=O)c1cccc(-c2cnc(C(=O)C3CCc4cc(Oc5cccc(-c6ccnc(-c7cnc(C(=O)C8CCc9cc(Oc%10ccccc%10)ccc9C8)o7)c6)c5)ccc4C3)o2)n1. The number of carbonyl (C=O) groups excluding carboxylic acids is 3. The highest BCUT2D eigenvalue weighted by molar-refractivity contribution is 5.95. The summed E-state index contributed by atoms with van der Waals surface area (Å²) in [5, 5.41) is 0. The number of ketones is 2. The van der Waals surface area contributed by atoms with Crippen molar-refractivity contribution in [1.29, 1.82) is 0 Å². The van der Waals surface area contributed by atoms with Crippen LogP contribution in [0.25, 0.3) is 34.0 Å². The molecule has 316 valence electrons. The molecule has 4 heterocycles. The first-order valence-electron chi connectivity index (χ1n) is 21.1. The molecule has 0 bridgehead atoms. The van der Waals surface area contributed by atoms with Crippen molar-refractivity contribution < 1.29 is 37.4 Å². The van der Waals surface area contributed by atoms with Crippen LogP contribution in [0, 0.1) is 11.8 Å². The molecule has 4 aromatic carbocycles. The average molecular weight is 849 g/mol. The first kappa shape index (κ1) is 40.1. The van der Waals surface area contributed by atoms with Crippen LogP contribution in [0.15, 0.2) is 149 Å². The Hall–Kier alpha value is -7.99. The van der Waals surface area contributed by atoms with Crippen molar-refractivity contribution in [2.24, 2.45) is 11.8 Å². The Kier molecular flexibility index (Phi) is 10.9. The molecule has 64 heavy (non-hydrogen) atoms. The van der Waals surface area contributed by atoms with E-state index in [0.29, 0.717) is 66.5 Å². The summed E-state index contributed by atoms with van der Waals surface area (Å²) in [5.41, 5.74) is 7.40. The summed E-state index contributed by atoms with van der Waals surface area (Å²) >= 11 is 0. The lowest BCUT2D eigenvalue weighted by Crippen LogP contribution is -2.23. The van der Waals surface area contributed by atoms with E-state index >= 15 is 0 Å². The Labute approximate surface area is 367 Å². The fourth-order valence-electron chi connectivity index (χ4n) is 8.43. The zero-order chi connectivity index (χ0) is 43.6. The number of carbonyl (C=O) groups is 3. The molecule has 10 rings (SSSR count). The van der Waals surface area contributed by atoms with E-state index in [4.69, 9.17) is 23.0 Å². The van der Waals surface area contributed by atoms with Crippen molar-refractivity contribution in [3.8, 4) is 57.0 Å². The summed E-state index contributed by atoms with van der Waals surface area (Å²) in [6.45, 7) is 0. The predicted octanol–water partition coefficient (Wildman–Crippen LogP) is 10.8. The number of hydrogen-bond donors (Lipinski definition) is 0. The van der Waals surface area contributed by atoms with Gasteiger partial charge in [0.25, 0.3) is 11.8 Å². The largest absolute Gasteiger partial charge is 0.464 e. The second-order valence-electron chi connectivity index (χ2n) is 15.9. The van der Waals surface area contributed by atoms with Crippen LogP contribution in [-0.4, -0.2) is 44.6 Å². The quantitative estimate of drug-likeness (QED) is 0.0848. The van der Waals surface area contributed by atoms with Crippen molar-refractivity contribution in [3.63, 3.8) is 0 Å². The van der Waals surface area contributed by atoms with E-state index in [9.17, 15) is 14.4 Å². The lowest BCUT2D eigenvalue weighted by molar-refractivity contribution is 0.0593. The summed E-state index contributed by atoms with van der Waals surface area (Å²) in [4.78, 5) is 56.5. The molecule has 0 saturated heterocycles. The number of fused-ring (bicyclic) bond motifs is 2. The van der Waals surface area contributed by atoms with E-state index in [1.807, 2.05) is 97.1 Å². The third kappa shape index (κ3) is 8.45. The smallest absolute Gasteiger partial charge is 0.356 e. The minimum absolute atomic E-state index is 0.0162. The Balaban J connectivity index is 0.769. The van der Waals surface area contributed by atoms with Gasteiger partial charge in [0.2, 0.25) is 11.6 Å². The lowest BCUT2D eigenvalue weighted by atomic mass is 9.81. The zero-order valence-corrected chi connectivity index (χ0v) is 34.7. The average Bonchev–Trinajstić information content (AvgIpc) is 4.06. The van der Waals surface area contributed by atoms with Gasteiger partial charge in [0, 0.05) is 18.0 Å². The van der Waals surface area contributed by atoms with Gasteiger partial charge in [0.1, 0.15) is 40.1 Å². The number of benzene rings is 4. The maximum absolute atomic E-state index is 13.6. The van der Waals surface area contributed by atoms with Gasteiger partial charge in [0.15, 0.2) is 11.5 Å². The summed E-state index contributed by atoms with van der Waals surface area (Å²) in [7, 11) is 1.29. The van der Waals surface area contributed by atoms with Crippen LogP contribution in [-0.2, 0) is 30.4 Å². The molecule has 0 radical (unpaired) electrons. The number of ether oxygens (including phenoxy) is 3. The number of esters is 1. The van der Waals surface area contributed by atoms with Crippen LogP contribution in [0.3, 0.4) is 0 Å². The molecule has 0 aliphatic heterocycles. The number of oxazole rings is 2. The van der Waals surface area contributed by atoms with E-state index < -0.39 is 5.97 Å². The second kappa shape index (κ2) is 17.4. The van der Waals surface area contributed by atoms with Gasteiger partial charge in [-0.25, -0.2) is 19.7 Å². The van der Waals surface area contributed by atoms with Gasteiger partial charge in [0.05, 0.1) is 19.5 Å². The minimum Gasteiger partial charge on any atom is -0.464 e. The summed E-state index contributed by atoms with van der Waals surface area (Å²) in [6, 6.07) is 38.2. The summed E-state index contributed by atoms with van der Waals surface area (Å²) < 4.78 is 29.0. The van der Waals surface area contributed by atoms with Crippen LogP contribution in [0.2, 0.25) is 0 Å². The Morgan fingerprint density at radius 1 is 0.547 bits per heavy atom. The van der Waals surface area contributed by atoms with Gasteiger partial charge in [-0.2, -0.15) is 0 Å². The topological polar surface area (TPSA) is 157 Å². The highest BCUT2D eigenvalue weighted by Crippen LogP contribution is 2.36. The number of pyridine rings is 2. The molecule has 8 aromatic rings. The standard InChI is InChI=1S/C52H40N4O8/c1-60-52(59)44-12-6-11-43(56-44)46-29-54-50(63-46)48(57)37-16-14-35-27-42(20-18-33(35)24-37)62-40-10-5-7-31(25-40)36-21-22-53-45(28-36)47-30-55-51(64-47)49(58)38-15-13-34-26-41(19-17-32(34)23-38)61-39-8-3-2-4-9-39/h2-12,17-22,25-30,37-38H,13-16,23-24H2,1H3. The zero-order valence-electron chi connectivity index (χ0n) is 34.7. The van der Waals surface area contributed by atoms with E-state index in [-0.39, 0.29) is 40.9 Å². The molecule has 0 amide bonds. The van der Waals surface area contributed by atoms with Gasteiger partial charge in [-0.3, -0.25) is 14.6 Å². The molecule has 0 N–H and O–H groups in total. The molecule has 0 fully saturated rings. The molecule has 12 heteroatoms. The molecular formula is C52H40N4O8. The van der Waals surface area contributed by atoms with Crippen molar-refractivity contribution in [2.75, 3.05) is 7.11 Å². The minimum atomic E-state index is -0.567. The maximum Gasteiger partial charge on any atom is 0.356 e. The third-order valence-electron chi connectivity index (χ3n) is 11.8. The number of Topliss-reactive ketones (excluding diaryl/α,β-unsaturated/α-hetero) is 2. The molecule has 2 atom stereocenters. The fraction of sp³-hybridized carbons (Fsp3) is 0.173. The highest BCUT2D eigenvalue weighted by atomic mass is 16.5. The van der Waals surface area contributed by atoms with Crippen LogP contribution in [0.5, 0.6) is 23.0 Å². The van der Waals surface area contributed by atoms with Gasteiger partial charge in [-0.15, -0.1) is 0 Å². The molecule has 2 aliphatic carbocycles. The number of aromatic nitrogens is 4. The maximum atomic E-state index is 13.6. The van der Waals surface area contributed by atoms with Gasteiger partial charge < -0.3 is 23.0 Å². The predicted molar refractivity (Wildman–Crippen MR) is 235 cm³/mol. The molecule has 4 aromatic heterocycles. The molecule has 12 nitrogen and oxygen atoms in total. The van der Waals surface area contributed by atoms with Crippen LogP contribution >= 0.6 is 0 Å². The number of hydrogen-bond acceptors (Lipinski definition) is 12. The van der Waals surface area contributed by atoms with Crippen molar-refractivity contribution in [2.45, 2.75) is 38.5 Å². The molecule has 2 unspecified atom stereocenters. The third-order valence-corrected chi connectivity index (χ3v) is 11.8. The van der Waals surface area contributed by atoms with Crippen molar-refractivity contribution in [3.05, 3.63) is 180 Å². The number of aryl methyl sites for hydroxylation is 2. The fourth-order valence-corrected chi connectivity index (χ4v) is 8.43. The first-order valence-corrected chi connectivity index (χ1v) is 21.1. The molecule has 0 spiro atoms. The number of para-hydroxylation sites is 1.